The summed E-state index contributed by atoms with van der Waals surface area (Å²) in [6, 6.07) is 11.4. The maximum atomic E-state index is 11.9. The summed E-state index contributed by atoms with van der Waals surface area (Å²) in [6.45, 7) is 0. The number of carbonyl (C=O) groups excluding carboxylic acids is 1. The Morgan fingerprint density at radius 2 is 2.08 bits per heavy atom. The highest BCUT2D eigenvalue weighted by atomic mass is 16.6. The first-order valence-electron chi connectivity index (χ1n) is 7.21. The molecule has 9 nitrogen and oxygen atoms in total. The highest BCUT2D eigenvalue weighted by Gasteiger charge is 2.17. The molecule has 0 fully saturated rings. The summed E-state index contributed by atoms with van der Waals surface area (Å²) < 4.78 is 6.68. The molecule has 0 aliphatic heterocycles. The van der Waals surface area contributed by atoms with Crippen molar-refractivity contribution in [3.63, 3.8) is 0 Å². The Morgan fingerprint density at radius 1 is 1.32 bits per heavy atom. The van der Waals surface area contributed by atoms with Crippen molar-refractivity contribution < 1.29 is 14.1 Å². The Kier molecular flexibility index (Phi) is 4.38. The van der Waals surface area contributed by atoms with Crippen LogP contribution >= 0.6 is 0 Å². The molecule has 0 spiro atoms. The Balaban J connectivity index is 1.78. The van der Waals surface area contributed by atoms with E-state index in [1.54, 1.807) is 37.5 Å². The summed E-state index contributed by atoms with van der Waals surface area (Å²) >= 11 is 0. The number of nitrogens with zero attached hydrogens (tertiary/aromatic N) is 4. The molecular formula is C16H13N5O4. The molecule has 2 aromatic heterocycles. The van der Waals surface area contributed by atoms with Gasteiger partial charge in [0.2, 0.25) is 0 Å². The number of hydrazone groups is 1. The minimum absolute atomic E-state index is 0.239. The van der Waals surface area contributed by atoms with E-state index in [0.717, 1.165) is 0 Å². The average Bonchev–Trinajstić information content (AvgIpc) is 3.22. The van der Waals surface area contributed by atoms with E-state index in [1.165, 1.54) is 23.0 Å². The van der Waals surface area contributed by atoms with Gasteiger partial charge in [0.15, 0.2) is 5.76 Å². The summed E-state index contributed by atoms with van der Waals surface area (Å²) in [5, 5.41) is 18.8. The Hall–Kier alpha value is -3.75. The van der Waals surface area contributed by atoms with E-state index >= 15 is 0 Å². The average molecular weight is 339 g/mol. The van der Waals surface area contributed by atoms with E-state index < -0.39 is 4.92 Å². The zero-order valence-electron chi connectivity index (χ0n) is 13.1. The van der Waals surface area contributed by atoms with Crippen LogP contribution < -0.4 is 5.43 Å². The first-order chi connectivity index (χ1) is 12.0. The number of furan rings is 1. The molecule has 0 saturated heterocycles. The second kappa shape index (κ2) is 6.79. The number of nitro groups is 1. The Morgan fingerprint density at radius 3 is 2.76 bits per heavy atom. The van der Waals surface area contributed by atoms with E-state index in [-0.39, 0.29) is 17.6 Å². The van der Waals surface area contributed by atoms with Crippen molar-refractivity contribution in [1.82, 2.24) is 15.2 Å². The minimum Gasteiger partial charge on any atom is -0.399 e. The van der Waals surface area contributed by atoms with Gasteiger partial charge in [0.05, 0.1) is 12.3 Å². The van der Waals surface area contributed by atoms with Crippen LogP contribution in [0.2, 0.25) is 0 Å². The largest absolute Gasteiger partial charge is 0.433 e. The summed E-state index contributed by atoms with van der Waals surface area (Å²) in [6.07, 6.45) is 3.05. The van der Waals surface area contributed by atoms with Crippen molar-refractivity contribution in [1.29, 1.82) is 0 Å². The van der Waals surface area contributed by atoms with E-state index in [9.17, 15) is 14.9 Å². The van der Waals surface area contributed by atoms with Gasteiger partial charge in [0, 0.05) is 24.4 Å². The normalized spacial score (nSPS) is 10.9. The molecule has 1 N–H and O–H groups in total. The number of rotatable bonds is 5. The van der Waals surface area contributed by atoms with Crippen molar-refractivity contribution in [3.05, 3.63) is 69.9 Å². The van der Waals surface area contributed by atoms with Gasteiger partial charge in [-0.2, -0.15) is 10.2 Å². The van der Waals surface area contributed by atoms with E-state index in [0.29, 0.717) is 16.8 Å². The third-order valence-electron chi connectivity index (χ3n) is 3.27. The van der Waals surface area contributed by atoms with Gasteiger partial charge in [-0.25, -0.2) is 5.43 Å². The second-order valence-electron chi connectivity index (χ2n) is 5.07. The molecule has 0 aliphatic carbocycles. The van der Waals surface area contributed by atoms with Gasteiger partial charge in [-0.3, -0.25) is 19.6 Å². The van der Waals surface area contributed by atoms with Gasteiger partial charge in [-0.05, 0) is 18.2 Å². The molecule has 3 aromatic rings. The summed E-state index contributed by atoms with van der Waals surface area (Å²) in [7, 11) is 1.70. The topological polar surface area (TPSA) is 116 Å². The van der Waals surface area contributed by atoms with Crippen molar-refractivity contribution in [2.75, 3.05) is 0 Å². The van der Waals surface area contributed by atoms with E-state index in [4.69, 9.17) is 4.42 Å². The van der Waals surface area contributed by atoms with Crippen LogP contribution in [0.5, 0.6) is 0 Å². The van der Waals surface area contributed by atoms with E-state index in [1.807, 2.05) is 6.07 Å². The van der Waals surface area contributed by atoms with Crippen LogP contribution in [0.1, 0.15) is 15.9 Å². The summed E-state index contributed by atoms with van der Waals surface area (Å²) in [5.74, 6) is -0.486. The van der Waals surface area contributed by atoms with Gasteiger partial charge in [0.25, 0.3) is 5.91 Å². The van der Waals surface area contributed by atoms with Crippen LogP contribution in [-0.2, 0) is 7.05 Å². The molecule has 126 valence electrons. The third-order valence-corrected chi connectivity index (χ3v) is 3.27. The molecule has 0 aliphatic rings. The van der Waals surface area contributed by atoms with Crippen molar-refractivity contribution in [2.24, 2.45) is 12.1 Å². The molecule has 0 radical (unpaired) electrons. The molecule has 1 aromatic carbocycles. The predicted molar refractivity (Wildman–Crippen MR) is 89.1 cm³/mol. The summed E-state index contributed by atoms with van der Waals surface area (Å²) in [4.78, 5) is 22.0. The minimum atomic E-state index is -0.625. The second-order valence-corrected chi connectivity index (χ2v) is 5.07. The molecule has 25 heavy (non-hydrogen) atoms. The zero-order chi connectivity index (χ0) is 17.8. The smallest absolute Gasteiger partial charge is 0.399 e. The molecule has 2 heterocycles. The molecule has 0 unspecified atom stereocenters. The number of carbonyl (C=O) groups is 1. The first kappa shape index (κ1) is 16.1. The molecular weight excluding hydrogens is 326 g/mol. The van der Waals surface area contributed by atoms with Gasteiger partial charge in [-0.15, -0.1) is 0 Å². The Bertz CT molecular complexity index is 943. The van der Waals surface area contributed by atoms with Gasteiger partial charge in [-0.1, -0.05) is 18.2 Å². The van der Waals surface area contributed by atoms with Gasteiger partial charge >= 0.3 is 5.88 Å². The number of nitrogens with one attached hydrogen (secondary N) is 1. The Labute approximate surface area is 141 Å². The van der Waals surface area contributed by atoms with Crippen LogP contribution in [0, 0.1) is 10.1 Å². The van der Waals surface area contributed by atoms with Crippen LogP contribution in [0.3, 0.4) is 0 Å². The van der Waals surface area contributed by atoms with Crippen LogP contribution in [0.25, 0.3) is 11.5 Å². The summed E-state index contributed by atoms with van der Waals surface area (Å²) in [5.41, 5.74) is 3.82. The maximum Gasteiger partial charge on any atom is 0.433 e. The molecule has 0 saturated carbocycles. The molecule has 0 atom stereocenters. The van der Waals surface area contributed by atoms with Crippen molar-refractivity contribution in [2.45, 2.75) is 0 Å². The third kappa shape index (κ3) is 3.61. The number of aromatic nitrogens is 2. The fraction of sp³-hybridized carbons (Fsp3) is 0.0625. The van der Waals surface area contributed by atoms with Crippen LogP contribution in [0.15, 0.2) is 58.2 Å². The lowest BCUT2D eigenvalue weighted by Gasteiger charge is -1.98. The molecule has 0 bridgehead atoms. The predicted octanol–water partition coefficient (Wildman–Crippen LogP) is 2.35. The lowest BCUT2D eigenvalue weighted by atomic mass is 10.2. The van der Waals surface area contributed by atoms with E-state index in [2.05, 4.69) is 15.6 Å². The molecule has 1 amide bonds. The SMILES string of the molecule is Cn1cc(/C=N/NC(=O)c2ccccc2)c(-c2ccc([N+](=O)[O-])o2)n1. The van der Waals surface area contributed by atoms with Crippen LogP contribution in [0.4, 0.5) is 5.88 Å². The fourth-order valence-corrected chi connectivity index (χ4v) is 2.16. The quantitative estimate of drug-likeness (QED) is 0.435. The maximum absolute atomic E-state index is 11.9. The molecule has 9 heteroatoms. The van der Waals surface area contributed by atoms with Crippen LogP contribution in [-0.4, -0.2) is 26.8 Å². The van der Waals surface area contributed by atoms with Gasteiger partial charge < -0.3 is 4.42 Å². The number of aryl methyl sites for hydroxylation is 1. The highest BCUT2D eigenvalue weighted by molar-refractivity contribution is 5.95. The molecule has 3 rings (SSSR count). The first-order valence-corrected chi connectivity index (χ1v) is 7.21. The number of amides is 1. The number of hydrogen-bond acceptors (Lipinski definition) is 6. The standard InChI is InChI=1S/C16H13N5O4/c1-20-10-12(9-17-18-16(22)11-5-3-2-4-6-11)15(19-20)13-7-8-14(25-13)21(23)24/h2-10H,1H3,(H,18,22)/b17-9+. The van der Waals surface area contributed by atoms with Crippen molar-refractivity contribution in [3.8, 4) is 11.5 Å². The number of hydrogen-bond donors (Lipinski definition) is 1. The van der Waals surface area contributed by atoms with Crippen molar-refractivity contribution >= 4 is 18.0 Å². The van der Waals surface area contributed by atoms with Gasteiger partial charge in [0.1, 0.15) is 10.6 Å². The zero-order valence-corrected chi connectivity index (χ0v) is 13.1. The number of benzene rings is 1. The monoisotopic (exact) mass is 339 g/mol. The fourth-order valence-electron chi connectivity index (χ4n) is 2.16. The highest BCUT2D eigenvalue weighted by Crippen LogP contribution is 2.26. The lowest BCUT2D eigenvalue weighted by Crippen LogP contribution is -2.17. The lowest BCUT2D eigenvalue weighted by molar-refractivity contribution is -0.401.